The van der Waals surface area contributed by atoms with Crippen molar-refractivity contribution in [2.45, 2.75) is 32.7 Å². The van der Waals surface area contributed by atoms with E-state index in [1.165, 1.54) is 5.69 Å². The lowest BCUT2D eigenvalue weighted by Gasteiger charge is -2.10. The Hall–Kier alpha value is -1.06. The highest BCUT2D eigenvalue weighted by atomic mass is 35.5. The standard InChI is InChI=1S/C12H16ClN3/c1-3-11-15-12(13)10-6-4-5-9(16(10)11)7-8(2)14/h4-6,8H,3,7,14H2,1-2H3. The third kappa shape index (κ3) is 1.93. The molecule has 2 rings (SSSR count). The fraction of sp³-hybridized carbons (Fsp3) is 0.417. The summed E-state index contributed by atoms with van der Waals surface area (Å²) in [5, 5.41) is 0.573. The third-order valence-electron chi connectivity index (χ3n) is 2.61. The number of hydrogen-bond acceptors (Lipinski definition) is 2. The van der Waals surface area contributed by atoms with Gasteiger partial charge in [0, 0.05) is 24.6 Å². The normalized spacial score (nSPS) is 13.2. The molecular formula is C12H16ClN3. The maximum absolute atomic E-state index is 6.10. The second-order valence-corrected chi connectivity index (χ2v) is 4.45. The maximum Gasteiger partial charge on any atom is 0.155 e. The van der Waals surface area contributed by atoms with Gasteiger partial charge in [0.25, 0.3) is 0 Å². The van der Waals surface area contributed by atoms with Crippen LogP contribution in [0.4, 0.5) is 0 Å². The van der Waals surface area contributed by atoms with Crippen LogP contribution in [0, 0.1) is 0 Å². The summed E-state index contributed by atoms with van der Waals surface area (Å²) in [5.41, 5.74) is 7.99. The predicted octanol–water partition coefficient (Wildman–Crippen LogP) is 2.44. The zero-order chi connectivity index (χ0) is 11.7. The molecule has 0 spiro atoms. The summed E-state index contributed by atoms with van der Waals surface area (Å²) in [5.74, 6) is 0.997. The summed E-state index contributed by atoms with van der Waals surface area (Å²) in [6.45, 7) is 4.08. The molecule has 0 aliphatic carbocycles. The quantitative estimate of drug-likeness (QED) is 0.891. The van der Waals surface area contributed by atoms with Gasteiger partial charge in [0.05, 0.1) is 5.52 Å². The molecule has 1 atom stereocenters. The molecule has 0 bridgehead atoms. The number of fused-ring (bicyclic) bond motifs is 1. The molecule has 16 heavy (non-hydrogen) atoms. The molecular weight excluding hydrogens is 222 g/mol. The summed E-state index contributed by atoms with van der Waals surface area (Å²) in [6.07, 6.45) is 1.70. The van der Waals surface area contributed by atoms with E-state index >= 15 is 0 Å². The zero-order valence-electron chi connectivity index (χ0n) is 9.57. The van der Waals surface area contributed by atoms with Gasteiger partial charge < -0.3 is 5.73 Å². The number of nitrogens with zero attached hydrogens (tertiary/aromatic N) is 2. The van der Waals surface area contributed by atoms with Gasteiger partial charge in [-0.1, -0.05) is 24.6 Å². The van der Waals surface area contributed by atoms with Gasteiger partial charge in [-0.3, -0.25) is 4.40 Å². The average molecular weight is 238 g/mol. The second kappa shape index (κ2) is 4.44. The number of halogens is 1. The molecule has 0 saturated heterocycles. The first kappa shape index (κ1) is 11.4. The molecule has 2 heterocycles. The van der Waals surface area contributed by atoms with Crippen molar-refractivity contribution >= 4 is 17.1 Å². The molecule has 1 unspecified atom stereocenters. The molecule has 0 radical (unpaired) electrons. The molecule has 0 amide bonds. The molecule has 2 aromatic heterocycles. The van der Waals surface area contributed by atoms with E-state index in [-0.39, 0.29) is 6.04 Å². The Labute approximate surface area is 100 Å². The Morgan fingerprint density at radius 2 is 2.25 bits per heavy atom. The predicted molar refractivity (Wildman–Crippen MR) is 66.9 cm³/mol. The van der Waals surface area contributed by atoms with Crippen LogP contribution in [-0.4, -0.2) is 15.4 Å². The van der Waals surface area contributed by atoms with Crippen LogP contribution >= 0.6 is 11.6 Å². The number of nitrogens with two attached hydrogens (primary N) is 1. The van der Waals surface area contributed by atoms with Crippen LogP contribution in [0.25, 0.3) is 5.52 Å². The van der Waals surface area contributed by atoms with Crippen molar-refractivity contribution < 1.29 is 0 Å². The van der Waals surface area contributed by atoms with Crippen molar-refractivity contribution in [1.82, 2.24) is 9.38 Å². The van der Waals surface area contributed by atoms with E-state index in [1.54, 1.807) is 0 Å². The van der Waals surface area contributed by atoms with Gasteiger partial charge in [-0.2, -0.15) is 0 Å². The Morgan fingerprint density at radius 3 is 2.88 bits per heavy atom. The summed E-state index contributed by atoms with van der Waals surface area (Å²) >= 11 is 6.10. The van der Waals surface area contributed by atoms with E-state index in [9.17, 15) is 0 Å². The first-order chi connectivity index (χ1) is 7.63. The maximum atomic E-state index is 6.10. The first-order valence-corrected chi connectivity index (χ1v) is 5.91. The van der Waals surface area contributed by atoms with Crippen molar-refractivity contribution in [3.63, 3.8) is 0 Å². The number of hydrogen-bond donors (Lipinski definition) is 1. The number of aromatic nitrogens is 2. The Balaban J connectivity index is 2.64. The van der Waals surface area contributed by atoms with E-state index < -0.39 is 0 Å². The second-order valence-electron chi connectivity index (χ2n) is 4.09. The molecule has 0 aromatic carbocycles. The number of rotatable bonds is 3. The number of imidazole rings is 1. The Morgan fingerprint density at radius 1 is 1.50 bits per heavy atom. The lowest BCUT2D eigenvalue weighted by atomic mass is 10.1. The summed E-state index contributed by atoms with van der Waals surface area (Å²) in [7, 11) is 0. The molecule has 0 aliphatic heterocycles. The molecule has 2 N–H and O–H groups in total. The highest BCUT2D eigenvalue weighted by Crippen LogP contribution is 2.21. The van der Waals surface area contributed by atoms with E-state index in [0.717, 1.165) is 24.2 Å². The van der Waals surface area contributed by atoms with E-state index in [2.05, 4.69) is 22.4 Å². The molecule has 2 aromatic rings. The van der Waals surface area contributed by atoms with Gasteiger partial charge in [0.2, 0.25) is 0 Å². The van der Waals surface area contributed by atoms with Crippen LogP contribution in [-0.2, 0) is 12.8 Å². The number of aryl methyl sites for hydroxylation is 1. The summed E-state index contributed by atoms with van der Waals surface area (Å²) in [6, 6.07) is 6.20. The van der Waals surface area contributed by atoms with Gasteiger partial charge in [-0.15, -0.1) is 0 Å². The average Bonchev–Trinajstić information content (AvgIpc) is 2.56. The van der Waals surface area contributed by atoms with Crippen molar-refractivity contribution in [3.05, 3.63) is 34.9 Å². The summed E-state index contributed by atoms with van der Waals surface area (Å²) in [4.78, 5) is 4.36. The zero-order valence-corrected chi connectivity index (χ0v) is 10.3. The van der Waals surface area contributed by atoms with Crippen LogP contribution in [0.15, 0.2) is 18.2 Å². The van der Waals surface area contributed by atoms with Crippen LogP contribution in [0.3, 0.4) is 0 Å². The SMILES string of the molecule is CCc1nc(Cl)c2cccc(CC(C)N)n12. The van der Waals surface area contributed by atoms with Crippen LogP contribution < -0.4 is 5.73 Å². The van der Waals surface area contributed by atoms with Gasteiger partial charge in [0.15, 0.2) is 5.15 Å². The Kier molecular flexibility index (Phi) is 3.17. The molecule has 0 fully saturated rings. The highest BCUT2D eigenvalue weighted by Gasteiger charge is 2.11. The van der Waals surface area contributed by atoms with Crippen molar-refractivity contribution in [3.8, 4) is 0 Å². The van der Waals surface area contributed by atoms with Crippen LogP contribution in [0.2, 0.25) is 5.15 Å². The van der Waals surface area contributed by atoms with E-state index in [0.29, 0.717) is 5.15 Å². The minimum atomic E-state index is 0.136. The lowest BCUT2D eigenvalue weighted by Crippen LogP contribution is -2.19. The van der Waals surface area contributed by atoms with Gasteiger partial charge in [-0.05, 0) is 19.1 Å². The monoisotopic (exact) mass is 237 g/mol. The third-order valence-corrected chi connectivity index (χ3v) is 2.89. The smallest absolute Gasteiger partial charge is 0.155 e. The van der Waals surface area contributed by atoms with E-state index in [4.69, 9.17) is 17.3 Å². The van der Waals surface area contributed by atoms with Crippen molar-refractivity contribution in [2.24, 2.45) is 5.73 Å². The number of pyridine rings is 1. The molecule has 0 saturated carbocycles. The lowest BCUT2D eigenvalue weighted by molar-refractivity contribution is 0.706. The molecule has 86 valence electrons. The van der Waals surface area contributed by atoms with Crippen molar-refractivity contribution in [1.29, 1.82) is 0 Å². The Bertz CT molecular complexity index is 502. The van der Waals surface area contributed by atoms with Gasteiger partial charge >= 0.3 is 0 Å². The largest absolute Gasteiger partial charge is 0.328 e. The first-order valence-electron chi connectivity index (χ1n) is 5.53. The van der Waals surface area contributed by atoms with Gasteiger partial charge in [-0.25, -0.2) is 4.98 Å². The van der Waals surface area contributed by atoms with Crippen molar-refractivity contribution in [2.75, 3.05) is 0 Å². The molecule has 0 aliphatic rings. The van der Waals surface area contributed by atoms with Crippen LogP contribution in [0.1, 0.15) is 25.4 Å². The minimum Gasteiger partial charge on any atom is -0.328 e. The van der Waals surface area contributed by atoms with Crippen LogP contribution in [0.5, 0.6) is 0 Å². The van der Waals surface area contributed by atoms with E-state index in [1.807, 2.05) is 19.1 Å². The summed E-state index contributed by atoms with van der Waals surface area (Å²) < 4.78 is 2.12. The molecule has 4 heteroatoms. The molecule has 3 nitrogen and oxygen atoms in total. The highest BCUT2D eigenvalue weighted by molar-refractivity contribution is 6.32. The fourth-order valence-corrected chi connectivity index (χ4v) is 2.21. The topological polar surface area (TPSA) is 43.3 Å². The minimum absolute atomic E-state index is 0.136. The van der Waals surface area contributed by atoms with Gasteiger partial charge in [0.1, 0.15) is 5.82 Å². The fourth-order valence-electron chi connectivity index (χ4n) is 1.97.